The van der Waals surface area contributed by atoms with E-state index in [4.69, 9.17) is 10.0 Å². The van der Waals surface area contributed by atoms with Crippen molar-refractivity contribution in [2.45, 2.75) is 6.92 Å². The summed E-state index contributed by atoms with van der Waals surface area (Å²) in [7, 11) is -1.95. The van der Waals surface area contributed by atoms with Crippen LogP contribution in [0.5, 0.6) is 0 Å². The number of benzene rings is 1. The summed E-state index contributed by atoms with van der Waals surface area (Å²) >= 11 is 0. The zero-order valence-electron chi connectivity index (χ0n) is 7.49. The predicted molar refractivity (Wildman–Crippen MR) is 50.5 cm³/mol. The number of hydrogen-bond donors (Lipinski definition) is 3. The topological polar surface area (TPSA) is 69.6 Å². The van der Waals surface area contributed by atoms with Crippen LogP contribution < -0.4 is 10.8 Å². The second-order valence-corrected chi connectivity index (χ2v) is 2.76. The molecule has 3 N–H and O–H groups in total. The third kappa shape index (κ3) is 2.30. The minimum Gasteiger partial charge on any atom is -0.423 e. The number of anilines is 1. The Labute approximate surface area is 80.5 Å². The number of carbonyl (C=O) groups is 1. The van der Waals surface area contributed by atoms with Gasteiger partial charge in [-0.2, -0.15) is 0 Å². The summed E-state index contributed by atoms with van der Waals surface area (Å²) in [6.07, 6.45) is 0. The smallest absolute Gasteiger partial charge is 0.423 e. The summed E-state index contributed by atoms with van der Waals surface area (Å²) in [5, 5.41) is 20.0. The minimum atomic E-state index is -1.95. The Balaban J connectivity index is 3.14. The van der Waals surface area contributed by atoms with Gasteiger partial charge in [0.25, 0.3) is 0 Å². The number of halogens is 1. The van der Waals surface area contributed by atoms with E-state index in [1.807, 2.05) is 0 Å². The quantitative estimate of drug-likeness (QED) is 0.558. The van der Waals surface area contributed by atoms with Gasteiger partial charge >= 0.3 is 7.12 Å². The molecular weight excluding hydrogens is 188 g/mol. The number of nitrogens with one attached hydrogen (secondary N) is 1. The summed E-state index contributed by atoms with van der Waals surface area (Å²) in [4.78, 5) is 10.7. The molecule has 4 nitrogen and oxygen atoms in total. The Bertz CT molecular complexity index is 356. The number of amides is 1. The maximum absolute atomic E-state index is 13.1. The molecule has 0 aliphatic rings. The third-order valence-electron chi connectivity index (χ3n) is 1.62. The van der Waals surface area contributed by atoms with Crippen molar-refractivity contribution in [1.29, 1.82) is 0 Å². The first-order valence-corrected chi connectivity index (χ1v) is 3.94. The second kappa shape index (κ2) is 4.21. The van der Waals surface area contributed by atoms with Gasteiger partial charge in [-0.05, 0) is 12.1 Å². The molecule has 0 saturated carbocycles. The minimum absolute atomic E-state index is 0.0625. The zero-order chi connectivity index (χ0) is 10.7. The molecule has 1 aromatic carbocycles. The highest BCUT2D eigenvalue weighted by molar-refractivity contribution is 6.60. The molecule has 0 radical (unpaired) electrons. The van der Waals surface area contributed by atoms with E-state index in [0.717, 1.165) is 6.07 Å². The van der Waals surface area contributed by atoms with E-state index in [1.54, 1.807) is 0 Å². The molecule has 1 aromatic rings. The molecule has 0 unspecified atom stereocenters. The first kappa shape index (κ1) is 10.7. The van der Waals surface area contributed by atoms with E-state index in [0.29, 0.717) is 0 Å². The lowest BCUT2D eigenvalue weighted by Gasteiger charge is -2.09. The molecule has 0 spiro atoms. The summed E-state index contributed by atoms with van der Waals surface area (Å²) < 4.78 is 13.1. The van der Waals surface area contributed by atoms with E-state index in [1.165, 1.54) is 19.1 Å². The van der Waals surface area contributed by atoms with Crippen molar-refractivity contribution in [1.82, 2.24) is 0 Å². The summed E-state index contributed by atoms with van der Waals surface area (Å²) in [6.45, 7) is 1.25. The SMILES string of the molecule is CC(=O)Nc1cccc(F)c1B(O)O. The molecule has 74 valence electrons. The first-order chi connectivity index (χ1) is 6.52. The van der Waals surface area contributed by atoms with Crippen LogP contribution in [0.2, 0.25) is 0 Å². The fraction of sp³-hybridized carbons (Fsp3) is 0.125. The second-order valence-electron chi connectivity index (χ2n) is 2.76. The highest BCUT2D eigenvalue weighted by Gasteiger charge is 2.21. The van der Waals surface area contributed by atoms with Gasteiger partial charge in [0, 0.05) is 18.1 Å². The fourth-order valence-corrected chi connectivity index (χ4v) is 1.10. The van der Waals surface area contributed by atoms with Gasteiger partial charge in [-0.1, -0.05) is 6.07 Å². The van der Waals surface area contributed by atoms with Crippen LogP contribution in [0.1, 0.15) is 6.92 Å². The van der Waals surface area contributed by atoms with Gasteiger partial charge in [0.15, 0.2) is 0 Å². The fourth-order valence-electron chi connectivity index (χ4n) is 1.10. The monoisotopic (exact) mass is 197 g/mol. The van der Waals surface area contributed by atoms with E-state index in [2.05, 4.69) is 5.32 Å². The van der Waals surface area contributed by atoms with E-state index >= 15 is 0 Å². The van der Waals surface area contributed by atoms with Crippen molar-refractivity contribution in [3.63, 3.8) is 0 Å². The standard InChI is InChI=1S/C8H9BFNO3/c1-5(12)11-7-4-2-3-6(10)8(7)9(13)14/h2-4,13-14H,1H3,(H,11,12). The van der Waals surface area contributed by atoms with Crippen LogP contribution in [0.25, 0.3) is 0 Å². The Morgan fingerprint density at radius 1 is 1.50 bits per heavy atom. The normalized spacial score (nSPS) is 9.71. The van der Waals surface area contributed by atoms with E-state index < -0.39 is 18.8 Å². The van der Waals surface area contributed by atoms with Crippen molar-refractivity contribution in [2.24, 2.45) is 0 Å². The predicted octanol–water partition coefficient (Wildman–Crippen LogP) is -0.536. The summed E-state index contributed by atoms with van der Waals surface area (Å²) in [6, 6.07) is 3.84. The Hall–Kier alpha value is -1.40. The van der Waals surface area contributed by atoms with Gasteiger partial charge in [-0.25, -0.2) is 4.39 Å². The van der Waals surface area contributed by atoms with Crippen molar-refractivity contribution < 1.29 is 19.2 Å². The molecule has 0 atom stereocenters. The van der Waals surface area contributed by atoms with Crippen molar-refractivity contribution >= 4 is 24.2 Å². The molecule has 0 aromatic heterocycles. The molecule has 0 aliphatic carbocycles. The maximum atomic E-state index is 13.1. The number of hydrogen-bond acceptors (Lipinski definition) is 3. The zero-order valence-corrected chi connectivity index (χ0v) is 7.49. The van der Waals surface area contributed by atoms with Crippen LogP contribution in [0.4, 0.5) is 10.1 Å². The summed E-state index contributed by atoms with van der Waals surface area (Å²) in [5.41, 5.74) is -0.268. The molecule has 1 rings (SSSR count). The molecule has 14 heavy (non-hydrogen) atoms. The number of rotatable bonds is 2. The molecule has 0 bridgehead atoms. The average Bonchev–Trinajstić information content (AvgIpc) is 2.01. The lowest BCUT2D eigenvalue weighted by atomic mass is 9.78. The Morgan fingerprint density at radius 3 is 2.64 bits per heavy atom. The highest BCUT2D eigenvalue weighted by Crippen LogP contribution is 2.07. The van der Waals surface area contributed by atoms with Gasteiger partial charge in [0.1, 0.15) is 5.82 Å². The van der Waals surface area contributed by atoms with Crippen molar-refractivity contribution in [3.8, 4) is 0 Å². The lowest BCUT2D eigenvalue weighted by molar-refractivity contribution is -0.114. The third-order valence-corrected chi connectivity index (χ3v) is 1.62. The van der Waals surface area contributed by atoms with Gasteiger partial charge in [-0.3, -0.25) is 4.79 Å². The first-order valence-electron chi connectivity index (χ1n) is 3.94. The van der Waals surface area contributed by atoms with Crippen LogP contribution in [0.3, 0.4) is 0 Å². The Kier molecular flexibility index (Phi) is 3.21. The van der Waals surface area contributed by atoms with Crippen LogP contribution in [-0.2, 0) is 4.79 Å². The lowest BCUT2D eigenvalue weighted by Crippen LogP contribution is -2.35. The molecule has 0 aliphatic heterocycles. The summed E-state index contributed by atoms with van der Waals surface area (Å²) in [5.74, 6) is -1.18. The van der Waals surface area contributed by atoms with Crippen LogP contribution in [0.15, 0.2) is 18.2 Å². The molecule has 6 heteroatoms. The van der Waals surface area contributed by atoms with Gasteiger partial charge < -0.3 is 15.4 Å². The molecule has 0 saturated heterocycles. The van der Waals surface area contributed by atoms with Gasteiger partial charge in [0.05, 0.1) is 0 Å². The van der Waals surface area contributed by atoms with Crippen molar-refractivity contribution in [2.75, 3.05) is 5.32 Å². The van der Waals surface area contributed by atoms with Crippen LogP contribution >= 0.6 is 0 Å². The largest absolute Gasteiger partial charge is 0.493 e. The highest BCUT2D eigenvalue weighted by atomic mass is 19.1. The Morgan fingerprint density at radius 2 is 2.14 bits per heavy atom. The van der Waals surface area contributed by atoms with E-state index in [-0.39, 0.29) is 11.2 Å². The average molecular weight is 197 g/mol. The molecular formula is C8H9BFNO3. The molecule has 0 fully saturated rings. The van der Waals surface area contributed by atoms with Gasteiger partial charge in [0.2, 0.25) is 5.91 Å². The molecule has 0 heterocycles. The maximum Gasteiger partial charge on any atom is 0.493 e. The van der Waals surface area contributed by atoms with Crippen LogP contribution in [-0.4, -0.2) is 23.1 Å². The molecule has 1 amide bonds. The van der Waals surface area contributed by atoms with Gasteiger partial charge in [-0.15, -0.1) is 0 Å². The van der Waals surface area contributed by atoms with Crippen LogP contribution in [0, 0.1) is 5.82 Å². The number of carbonyl (C=O) groups excluding carboxylic acids is 1. The van der Waals surface area contributed by atoms with Crippen molar-refractivity contribution in [3.05, 3.63) is 24.0 Å². The van der Waals surface area contributed by atoms with E-state index in [9.17, 15) is 9.18 Å².